The highest BCUT2D eigenvalue weighted by molar-refractivity contribution is 9.11. The lowest BCUT2D eigenvalue weighted by atomic mass is 10.2. The first-order valence-corrected chi connectivity index (χ1v) is 7.26. The van der Waals surface area contributed by atoms with Gasteiger partial charge in [0, 0.05) is 5.56 Å². The average molecular weight is 392 g/mol. The molecule has 0 aliphatic carbocycles. The number of hydrogen-bond acceptors (Lipinski definition) is 4. The molecule has 0 saturated carbocycles. The summed E-state index contributed by atoms with van der Waals surface area (Å²) in [6.45, 7) is 0. The van der Waals surface area contributed by atoms with E-state index in [0.717, 1.165) is 8.26 Å². The predicted molar refractivity (Wildman–Crippen MR) is 78.5 cm³/mol. The van der Waals surface area contributed by atoms with Crippen LogP contribution < -0.4 is 10.1 Å². The molecule has 1 amide bonds. The van der Waals surface area contributed by atoms with Crippen molar-refractivity contribution in [3.05, 3.63) is 38.2 Å². The Kier molecular flexibility index (Phi) is 4.36. The van der Waals surface area contributed by atoms with Crippen LogP contribution in [0.1, 0.15) is 10.4 Å². The maximum absolute atomic E-state index is 12.0. The Hall–Kier alpha value is -0.920. The van der Waals surface area contributed by atoms with E-state index in [1.807, 2.05) is 0 Å². The predicted octanol–water partition coefficient (Wildman–Crippen LogP) is 3.93. The summed E-state index contributed by atoms with van der Waals surface area (Å²) in [4.78, 5) is 16.0. The first-order valence-electron chi connectivity index (χ1n) is 4.86. The Morgan fingerprint density at radius 2 is 2.22 bits per heavy atom. The van der Waals surface area contributed by atoms with E-state index in [1.54, 1.807) is 31.5 Å². The van der Waals surface area contributed by atoms with E-state index in [4.69, 9.17) is 4.74 Å². The van der Waals surface area contributed by atoms with Gasteiger partial charge < -0.3 is 4.74 Å². The lowest BCUT2D eigenvalue weighted by Gasteiger charge is -2.05. The molecule has 18 heavy (non-hydrogen) atoms. The number of anilines is 1. The van der Waals surface area contributed by atoms with E-state index in [0.29, 0.717) is 16.4 Å². The SMILES string of the molecule is COc1ccc(C(=O)Nc2ncc(Br)s2)cc1Br. The minimum atomic E-state index is -0.208. The van der Waals surface area contributed by atoms with Crippen molar-refractivity contribution < 1.29 is 9.53 Å². The molecule has 4 nitrogen and oxygen atoms in total. The van der Waals surface area contributed by atoms with Gasteiger partial charge in [0.2, 0.25) is 0 Å². The third kappa shape index (κ3) is 3.09. The molecule has 2 aromatic rings. The molecule has 1 heterocycles. The number of halogens is 2. The number of aromatic nitrogens is 1. The summed E-state index contributed by atoms with van der Waals surface area (Å²) in [5.41, 5.74) is 0.536. The zero-order valence-corrected chi connectivity index (χ0v) is 13.2. The minimum absolute atomic E-state index is 0.208. The number of thiazole rings is 1. The van der Waals surface area contributed by atoms with E-state index >= 15 is 0 Å². The van der Waals surface area contributed by atoms with Gasteiger partial charge >= 0.3 is 0 Å². The number of carbonyl (C=O) groups excluding carboxylic acids is 1. The quantitative estimate of drug-likeness (QED) is 0.862. The van der Waals surface area contributed by atoms with Gasteiger partial charge in [-0.1, -0.05) is 11.3 Å². The molecule has 0 radical (unpaired) electrons. The first-order chi connectivity index (χ1) is 8.60. The van der Waals surface area contributed by atoms with Gasteiger partial charge in [0.05, 0.1) is 21.6 Å². The molecule has 94 valence electrons. The van der Waals surface area contributed by atoms with Gasteiger partial charge in [-0.05, 0) is 50.1 Å². The van der Waals surface area contributed by atoms with Gasteiger partial charge in [-0.3, -0.25) is 10.1 Å². The highest BCUT2D eigenvalue weighted by Gasteiger charge is 2.10. The van der Waals surface area contributed by atoms with E-state index < -0.39 is 0 Å². The van der Waals surface area contributed by atoms with Crippen LogP contribution >= 0.6 is 43.2 Å². The summed E-state index contributed by atoms with van der Waals surface area (Å²) < 4.78 is 6.71. The normalized spacial score (nSPS) is 10.2. The number of hydrogen-bond donors (Lipinski definition) is 1. The van der Waals surface area contributed by atoms with Crippen molar-refractivity contribution in [2.24, 2.45) is 0 Å². The highest BCUT2D eigenvalue weighted by Crippen LogP contribution is 2.27. The third-order valence-electron chi connectivity index (χ3n) is 2.11. The van der Waals surface area contributed by atoms with Crippen LogP contribution in [0.2, 0.25) is 0 Å². The van der Waals surface area contributed by atoms with Crippen LogP contribution in [0, 0.1) is 0 Å². The Morgan fingerprint density at radius 3 is 2.78 bits per heavy atom. The van der Waals surface area contributed by atoms with Crippen molar-refractivity contribution in [2.75, 3.05) is 12.4 Å². The molecule has 0 bridgehead atoms. The number of methoxy groups -OCH3 is 1. The number of ether oxygens (including phenoxy) is 1. The second-order valence-corrected chi connectivity index (χ2v) is 6.54. The number of carbonyl (C=O) groups is 1. The fourth-order valence-corrected chi connectivity index (χ4v) is 2.93. The fraction of sp³-hybridized carbons (Fsp3) is 0.0909. The monoisotopic (exact) mass is 390 g/mol. The first kappa shape index (κ1) is 13.5. The summed E-state index contributed by atoms with van der Waals surface area (Å²) in [7, 11) is 1.58. The third-order valence-corrected chi connectivity index (χ3v) is 4.12. The average Bonchev–Trinajstić information content (AvgIpc) is 2.74. The van der Waals surface area contributed by atoms with Gasteiger partial charge in [-0.2, -0.15) is 0 Å². The van der Waals surface area contributed by atoms with Crippen molar-refractivity contribution in [3.8, 4) is 5.75 Å². The summed E-state index contributed by atoms with van der Waals surface area (Å²) >= 11 is 7.99. The Bertz CT molecular complexity index is 586. The Balaban J connectivity index is 2.16. The van der Waals surface area contributed by atoms with Crippen LogP contribution in [0.4, 0.5) is 5.13 Å². The summed E-state index contributed by atoms with van der Waals surface area (Å²) in [5, 5.41) is 3.28. The zero-order valence-electron chi connectivity index (χ0n) is 9.24. The lowest BCUT2D eigenvalue weighted by molar-refractivity contribution is 0.102. The van der Waals surface area contributed by atoms with Gasteiger partial charge in [0.15, 0.2) is 5.13 Å². The molecular formula is C11H8Br2N2O2S. The van der Waals surface area contributed by atoms with Crippen molar-refractivity contribution in [1.29, 1.82) is 0 Å². The molecule has 0 fully saturated rings. The Morgan fingerprint density at radius 1 is 1.44 bits per heavy atom. The molecule has 0 unspecified atom stereocenters. The topological polar surface area (TPSA) is 51.2 Å². The van der Waals surface area contributed by atoms with Crippen LogP contribution in [0.25, 0.3) is 0 Å². The fourth-order valence-electron chi connectivity index (χ4n) is 1.29. The summed E-state index contributed by atoms with van der Waals surface area (Å²) in [5.74, 6) is 0.476. The van der Waals surface area contributed by atoms with Gasteiger partial charge in [-0.15, -0.1) is 0 Å². The summed E-state index contributed by atoms with van der Waals surface area (Å²) in [6, 6.07) is 5.13. The maximum atomic E-state index is 12.0. The van der Waals surface area contributed by atoms with Crippen molar-refractivity contribution >= 4 is 54.2 Å². The second kappa shape index (κ2) is 5.81. The molecule has 0 saturated heterocycles. The van der Waals surface area contributed by atoms with Crippen LogP contribution in [0.3, 0.4) is 0 Å². The number of benzene rings is 1. The van der Waals surface area contributed by atoms with Gasteiger partial charge in [0.1, 0.15) is 5.75 Å². The summed E-state index contributed by atoms with van der Waals surface area (Å²) in [6.07, 6.45) is 1.64. The molecule has 0 aliphatic heterocycles. The largest absolute Gasteiger partial charge is 0.496 e. The number of rotatable bonds is 3. The van der Waals surface area contributed by atoms with Crippen molar-refractivity contribution in [1.82, 2.24) is 4.98 Å². The van der Waals surface area contributed by atoms with Crippen LogP contribution in [0.15, 0.2) is 32.7 Å². The maximum Gasteiger partial charge on any atom is 0.257 e. The van der Waals surface area contributed by atoms with Crippen LogP contribution in [0.5, 0.6) is 5.75 Å². The lowest BCUT2D eigenvalue weighted by Crippen LogP contribution is -2.11. The smallest absolute Gasteiger partial charge is 0.257 e. The number of amides is 1. The van der Waals surface area contributed by atoms with E-state index in [-0.39, 0.29) is 5.91 Å². The van der Waals surface area contributed by atoms with Gasteiger partial charge in [0.25, 0.3) is 5.91 Å². The Labute approximate surface area is 125 Å². The molecule has 2 rings (SSSR count). The van der Waals surface area contributed by atoms with Crippen molar-refractivity contribution in [2.45, 2.75) is 0 Å². The molecule has 1 aromatic carbocycles. The van der Waals surface area contributed by atoms with E-state index in [2.05, 4.69) is 42.2 Å². The molecule has 0 aliphatic rings. The second-order valence-electron chi connectivity index (χ2n) is 3.27. The standard InChI is InChI=1S/C11H8Br2N2O2S/c1-17-8-3-2-6(4-7(8)12)10(16)15-11-14-5-9(13)18-11/h2-5H,1H3,(H,14,15,16). The van der Waals surface area contributed by atoms with Crippen molar-refractivity contribution in [3.63, 3.8) is 0 Å². The van der Waals surface area contributed by atoms with E-state index in [9.17, 15) is 4.79 Å². The minimum Gasteiger partial charge on any atom is -0.496 e. The molecule has 7 heteroatoms. The van der Waals surface area contributed by atoms with Gasteiger partial charge in [-0.25, -0.2) is 4.98 Å². The van der Waals surface area contributed by atoms with E-state index in [1.165, 1.54) is 11.3 Å². The molecule has 0 atom stereocenters. The zero-order chi connectivity index (χ0) is 13.1. The molecule has 0 spiro atoms. The molecule has 1 aromatic heterocycles. The van der Waals surface area contributed by atoms with Crippen LogP contribution in [-0.4, -0.2) is 18.0 Å². The highest BCUT2D eigenvalue weighted by atomic mass is 79.9. The number of nitrogens with zero attached hydrogens (tertiary/aromatic N) is 1. The van der Waals surface area contributed by atoms with Crippen LogP contribution in [-0.2, 0) is 0 Å². The number of nitrogens with one attached hydrogen (secondary N) is 1. The molecule has 1 N–H and O–H groups in total. The molecular weight excluding hydrogens is 384 g/mol.